The van der Waals surface area contributed by atoms with E-state index >= 15 is 0 Å². The molecule has 2 nitrogen and oxygen atoms in total. The largest absolute Gasteiger partial charge is 0.330 e. The molecule has 2 N–H and O–H groups in total. The summed E-state index contributed by atoms with van der Waals surface area (Å²) in [6.45, 7) is 2.91. The first-order chi connectivity index (χ1) is 6.31. The third-order valence-corrected chi connectivity index (χ3v) is 3.04. The van der Waals surface area contributed by atoms with Crippen LogP contribution in [0.3, 0.4) is 0 Å². The fraction of sp³-hybridized carbons (Fsp3) is 0.545. The highest BCUT2D eigenvalue weighted by Crippen LogP contribution is 2.41. The van der Waals surface area contributed by atoms with Crippen molar-refractivity contribution in [2.75, 3.05) is 6.54 Å². The first-order valence-corrected chi connectivity index (χ1v) is 4.93. The van der Waals surface area contributed by atoms with E-state index in [0.717, 1.165) is 6.54 Å². The molecule has 0 spiro atoms. The maximum atomic E-state index is 5.68. The molecule has 0 amide bonds. The van der Waals surface area contributed by atoms with Gasteiger partial charge in [0.25, 0.3) is 0 Å². The third-order valence-electron chi connectivity index (χ3n) is 3.04. The van der Waals surface area contributed by atoms with E-state index in [9.17, 15) is 0 Å². The fourth-order valence-electron chi connectivity index (χ4n) is 2.07. The van der Waals surface area contributed by atoms with Crippen LogP contribution in [-0.2, 0) is 0 Å². The van der Waals surface area contributed by atoms with Crippen molar-refractivity contribution in [3.63, 3.8) is 0 Å². The van der Waals surface area contributed by atoms with Crippen molar-refractivity contribution in [2.24, 2.45) is 11.7 Å². The quantitative estimate of drug-likeness (QED) is 0.746. The minimum atomic E-state index is 0.678. The van der Waals surface area contributed by atoms with Gasteiger partial charge in [0.15, 0.2) is 0 Å². The van der Waals surface area contributed by atoms with Gasteiger partial charge in [-0.15, -0.1) is 0 Å². The molecule has 2 heteroatoms. The Bertz CT molecular complexity index is 294. The van der Waals surface area contributed by atoms with E-state index in [4.69, 9.17) is 5.73 Å². The van der Waals surface area contributed by atoms with E-state index < -0.39 is 0 Å². The molecule has 0 radical (unpaired) electrons. The summed E-state index contributed by atoms with van der Waals surface area (Å²) in [6.07, 6.45) is 6.46. The first kappa shape index (κ1) is 8.70. The van der Waals surface area contributed by atoms with Crippen LogP contribution in [0.4, 0.5) is 0 Å². The predicted molar refractivity (Wildman–Crippen MR) is 53.5 cm³/mol. The van der Waals surface area contributed by atoms with Gasteiger partial charge in [-0.3, -0.25) is 4.98 Å². The number of hydrogen-bond donors (Lipinski definition) is 1. The van der Waals surface area contributed by atoms with Crippen molar-refractivity contribution in [1.29, 1.82) is 0 Å². The molecule has 70 valence electrons. The number of aromatic nitrogens is 1. The smallest absolute Gasteiger partial charge is 0.0303 e. The minimum Gasteiger partial charge on any atom is -0.330 e. The maximum Gasteiger partial charge on any atom is 0.0303 e. The third kappa shape index (κ3) is 1.59. The zero-order valence-corrected chi connectivity index (χ0v) is 8.03. The van der Waals surface area contributed by atoms with Crippen molar-refractivity contribution in [1.82, 2.24) is 4.98 Å². The van der Waals surface area contributed by atoms with E-state index in [1.807, 2.05) is 12.4 Å². The normalized spacial score (nSPS) is 26.9. The molecule has 2 atom stereocenters. The monoisotopic (exact) mass is 176 g/mol. The number of rotatable bonds is 2. The SMILES string of the molecule is Cc1cncc(C2CCC2CN)c1. The summed E-state index contributed by atoms with van der Waals surface area (Å²) >= 11 is 0. The lowest BCUT2D eigenvalue weighted by molar-refractivity contribution is 0.263. The molecule has 2 rings (SSSR count). The van der Waals surface area contributed by atoms with Crippen molar-refractivity contribution < 1.29 is 0 Å². The first-order valence-electron chi connectivity index (χ1n) is 4.93. The van der Waals surface area contributed by atoms with Crippen LogP contribution in [0.5, 0.6) is 0 Å². The average molecular weight is 176 g/mol. The van der Waals surface area contributed by atoms with Gasteiger partial charge in [-0.2, -0.15) is 0 Å². The summed E-state index contributed by atoms with van der Waals surface area (Å²) in [5, 5.41) is 0. The lowest BCUT2D eigenvalue weighted by atomic mass is 9.70. The Hall–Kier alpha value is -0.890. The van der Waals surface area contributed by atoms with Crippen LogP contribution in [0.15, 0.2) is 18.5 Å². The summed E-state index contributed by atoms with van der Waals surface area (Å²) in [7, 11) is 0. The fourth-order valence-corrected chi connectivity index (χ4v) is 2.07. The zero-order valence-electron chi connectivity index (χ0n) is 8.03. The highest BCUT2D eigenvalue weighted by Gasteiger charge is 2.30. The van der Waals surface area contributed by atoms with Crippen LogP contribution in [0.1, 0.15) is 29.9 Å². The topological polar surface area (TPSA) is 38.9 Å². The molecule has 13 heavy (non-hydrogen) atoms. The summed E-state index contributed by atoms with van der Waals surface area (Å²) < 4.78 is 0. The highest BCUT2D eigenvalue weighted by molar-refractivity contribution is 5.23. The lowest BCUT2D eigenvalue weighted by Crippen LogP contribution is -2.30. The van der Waals surface area contributed by atoms with Crippen LogP contribution < -0.4 is 5.73 Å². The van der Waals surface area contributed by atoms with E-state index in [-0.39, 0.29) is 0 Å². The lowest BCUT2D eigenvalue weighted by Gasteiger charge is -2.36. The summed E-state index contributed by atoms with van der Waals surface area (Å²) in [4.78, 5) is 4.22. The van der Waals surface area contributed by atoms with Gasteiger partial charge in [-0.25, -0.2) is 0 Å². The van der Waals surface area contributed by atoms with Crippen molar-refractivity contribution >= 4 is 0 Å². The second-order valence-corrected chi connectivity index (χ2v) is 3.98. The number of aryl methyl sites for hydroxylation is 1. The van der Waals surface area contributed by atoms with Crippen LogP contribution >= 0.6 is 0 Å². The molecule has 0 aliphatic heterocycles. The maximum absolute atomic E-state index is 5.68. The Morgan fingerprint density at radius 1 is 1.46 bits per heavy atom. The second-order valence-electron chi connectivity index (χ2n) is 3.98. The van der Waals surface area contributed by atoms with Gasteiger partial charge in [0.2, 0.25) is 0 Å². The second kappa shape index (κ2) is 3.46. The van der Waals surface area contributed by atoms with Crippen molar-refractivity contribution in [3.05, 3.63) is 29.6 Å². The van der Waals surface area contributed by atoms with Crippen LogP contribution in [-0.4, -0.2) is 11.5 Å². The average Bonchev–Trinajstić information content (AvgIpc) is 2.03. The van der Waals surface area contributed by atoms with E-state index in [1.54, 1.807) is 0 Å². The van der Waals surface area contributed by atoms with E-state index in [2.05, 4.69) is 18.0 Å². The van der Waals surface area contributed by atoms with E-state index in [0.29, 0.717) is 11.8 Å². The van der Waals surface area contributed by atoms with E-state index in [1.165, 1.54) is 24.0 Å². The highest BCUT2D eigenvalue weighted by atomic mass is 14.6. The Morgan fingerprint density at radius 2 is 2.31 bits per heavy atom. The van der Waals surface area contributed by atoms with Crippen LogP contribution in [0.2, 0.25) is 0 Å². The molecule has 1 aromatic heterocycles. The minimum absolute atomic E-state index is 0.678. The predicted octanol–water partition coefficient (Wildman–Crippen LogP) is 1.84. The molecule has 1 heterocycles. The number of nitrogens with two attached hydrogens (primary N) is 1. The molecule has 2 unspecified atom stereocenters. The Balaban J connectivity index is 2.16. The summed E-state index contributed by atoms with van der Waals surface area (Å²) in [6, 6.07) is 2.24. The van der Waals surface area contributed by atoms with Crippen LogP contribution in [0.25, 0.3) is 0 Å². The molecular formula is C11H16N2. The van der Waals surface area contributed by atoms with Crippen molar-refractivity contribution in [3.8, 4) is 0 Å². The van der Waals surface area contributed by atoms with Crippen LogP contribution in [0, 0.1) is 12.8 Å². The molecular weight excluding hydrogens is 160 g/mol. The van der Waals surface area contributed by atoms with Crippen molar-refractivity contribution in [2.45, 2.75) is 25.7 Å². The molecule has 0 saturated heterocycles. The van der Waals surface area contributed by atoms with Gasteiger partial charge in [0.1, 0.15) is 0 Å². The number of nitrogens with zero attached hydrogens (tertiary/aromatic N) is 1. The van der Waals surface area contributed by atoms with Gasteiger partial charge in [-0.05, 0) is 49.3 Å². The summed E-state index contributed by atoms with van der Waals surface area (Å²) in [5.74, 6) is 1.38. The molecule has 0 bridgehead atoms. The standard InChI is InChI=1S/C11H16N2/c1-8-4-10(7-13-6-8)11-3-2-9(11)5-12/h4,6-7,9,11H,2-3,5,12H2,1H3. The molecule has 1 aliphatic rings. The van der Waals surface area contributed by atoms with Gasteiger partial charge in [0, 0.05) is 12.4 Å². The Kier molecular flexibility index (Phi) is 2.32. The summed E-state index contributed by atoms with van der Waals surface area (Å²) in [5.41, 5.74) is 8.31. The number of hydrogen-bond acceptors (Lipinski definition) is 2. The van der Waals surface area contributed by atoms with Gasteiger partial charge < -0.3 is 5.73 Å². The zero-order chi connectivity index (χ0) is 9.26. The van der Waals surface area contributed by atoms with Gasteiger partial charge in [0.05, 0.1) is 0 Å². The molecule has 1 aromatic rings. The van der Waals surface area contributed by atoms with Gasteiger partial charge in [-0.1, -0.05) is 6.07 Å². The molecule has 0 aromatic carbocycles. The van der Waals surface area contributed by atoms with Gasteiger partial charge >= 0.3 is 0 Å². The molecule has 1 aliphatic carbocycles. The number of pyridine rings is 1. The Morgan fingerprint density at radius 3 is 2.85 bits per heavy atom. The Labute approximate surface area is 79.2 Å². The molecule has 1 saturated carbocycles. The molecule has 1 fully saturated rings.